The molecule has 3 aromatic carbocycles. The molecular weight excluding hydrogens is 583 g/mol. The van der Waals surface area contributed by atoms with Gasteiger partial charge in [0, 0.05) is 26.9 Å². The molecule has 0 fully saturated rings. The molecule has 3 N–H and O–H groups in total. The van der Waals surface area contributed by atoms with E-state index in [4.69, 9.17) is 9.47 Å². The second-order valence-electron chi connectivity index (χ2n) is 10.7. The predicted octanol–water partition coefficient (Wildman–Crippen LogP) is 2.53. The van der Waals surface area contributed by atoms with Crippen molar-refractivity contribution in [3.05, 3.63) is 89.7 Å². The van der Waals surface area contributed by atoms with Crippen molar-refractivity contribution < 1.29 is 38.1 Å². The molecule has 3 aromatic rings. The highest BCUT2D eigenvalue weighted by molar-refractivity contribution is 5.99. The molecule has 0 saturated carbocycles. The number of para-hydroxylation sites is 2. The molecule has 2 atom stereocenters. The van der Waals surface area contributed by atoms with Crippen LogP contribution >= 0.6 is 0 Å². The predicted molar refractivity (Wildman–Crippen MR) is 163 cm³/mol. The summed E-state index contributed by atoms with van der Waals surface area (Å²) in [6.07, 6.45) is -0.0614. The number of fused-ring (bicyclic) bond motifs is 1. The average molecular weight is 621 g/mol. The van der Waals surface area contributed by atoms with E-state index >= 15 is 0 Å². The second-order valence-corrected chi connectivity index (χ2v) is 10.7. The minimum Gasteiger partial charge on any atom is -0.508 e. The molecule has 1 heterocycles. The van der Waals surface area contributed by atoms with Crippen molar-refractivity contribution in [3.8, 4) is 17.2 Å². The first kappa shape index (κ1) is 32.8. The quantitative estimate of drug-likeness (QED) is 0.369. The number of phenolic OH excluding ortho intramolecular Hbond substituents is 1. The summed E-state index contributed by atoms with van der Waals surface area (Å²) in [6, 6.07) is 16.8. The van der Waals surface area contributed by atoms with Gasteiger partial charge in [-0.3, -0.25) is 19.2 Å². The molecule has 12 heteroatoms. The van der Waals surface area contributed by atoms with Gasteiger partial charge in [0.15, 0.2) is 11.6 Å². The van der Waals surface area contributed by atoms with E-state index in [2.05, 4.69) is 10.6 Å². The van der Waals surface area contributed by atoms with Gasteiger partial charge in [-0.2, -0.15) is 0 Å². The molecule has 4 rings (SSSR count). The summed E-state index contributed by atoms with van der Waals surface area (Å²) >= 11 is 0. The van der Waals surface area contributed by atoms with Crippen LogP contribution in [0.2, 0.25) is 0 Å². The summed E-state index contributed by atoms with van der Waals surface area (Å²) < 4.78 is 25.3. The topological polar surface area (TPSA) is 138 Å². The number of nitrogens with zero attached hydrogens (tertiary/aromatic N) is 2. The normalized spacial score (nSPS) is 17.9. The highest BCUT2D eigenvalue weighted by Crippen LogP contribution is 2.20. The minimum atomic E-state index is -1.10. The Bertz CT molecular complexity index is 1500. The third kappa shape index (κ3) is 9.18. The van der Waals surface area contributed by atoms with Gasteiger partial charge >= 0.3 is 0 Å². The first-order valence-electron chi connectivity index (χ1n) is 14.6. The average Bonchev–Trinajstić information content (AvgIpc) is 3.03. The lowest BCUT2D eigenvalue weighted by atomic mass is 10.0. The molecule has 1 aliphatic heterocycles. The first-order chi connectivity index (χ1) is 21.6. The van der Waals surface area contributed by atoms with Gasteiger partial charge in [-0.25, -0.2) is 4.39 Å². The van der Waals surface area contributed by atoms with Gasteiger partial charge in [-0.15, -0.1) is 0 Å². The molecule has 0 spiro atoms. The molecular formula is C33H37FN4O7. The maximum absolute atomic E-state index is 13.9. The van der Waals surface area contributed by atoms with Crippen molar-refractivity contribution in [1.29, 1.82) is 0 Å². The van der Waals surface area contributed by atoms with E-state index in [1.165, 1.54) is 41.1 Å². The van der Waals surface area contributed by atoms with Crippen LogP contribution in [0.3, 0.4) is 0 Å². The zero-order valence-corrected chi connectivity index (χ0v) is 25.2. The number of phenols is 1. The largest absolute Gasteiger partial charge is 0.508 e. The number of halogens is 1. The van der Waals surface area contributed by atoms with Crippen molar-refractivity contribution in [1.82, 2.24) is 20.4 Å². The fourth-order valence-electron chi connectivity index (χ4n) is 4.78. The minimum absolute atomic E-state index is 0.00440. The van der Waals surface area contributed by atoms with Gasteiger partial charge in [0.25, 0.3) is 5.91 Å². The Labute approximate surface area is 260 Å². The fraction of sp³-hybridized carbons (Fsp3) is 0.333. The van der Waals surface area contributed by atoms with Crippen LogP contribution in [0.1, 0.15) is 28.8 Å². The van der Waals surface area contributed by atoms with E-state index < -0.39 is 35.6 Å². The van der Waals surface area contributed by atoms with Gasteiger partial charge in [-0.05, 0) is 48.4 Å². The highest BCUT2D eigenvalue weighted by Gasteiger charge is 2.29. The van der Waals surface area contributed by atoms with Gasteiger partial charge in [0.2, 0.25) is 17.7 Å². The lowest BCUT2D eigenvalue weighted by Gasteiger charge is -2.26. The van der Waals surface area contributed by atoms with E-state index in [0.717, 1.165) is 5.56 Å². The summed E-state index contributed by atoms with van der Waals surface area (Å²) in [5.74, 6) is -2.00. The highest BCUT2D eigenvalue weighted by atomic mass is 19.1. The number of ether oxygens (including phenoxy) is 2. The Morgan fingerprint density at radius 1 is 1.04 bits per heavy atom. The van der Waals surface area contributed by atoms with Gasteiger partial charge in [0.05, 0.1) is 18.7 Å². The molecule has 0 aromatic heterocycles. The molecule has 0 aliphatic carbocycles. The Morgan fingerprint density at radius 2 is 1.76 bits per heavy atom. The number of rotatable bonds is 7. The summed E-state index contributed by atoms with van der Waals surface area (Å²) in [4.78, 5) is 56.3. The van der Waals surface area contributed by atoms with E-state index in [1.54, 1.807) is 55.6 Å². The lowest BCUT2D eigenvalue weighted by Crippen LogP contribution is -2.50. The second kappa shape index (κ2) is 15.6. The maximum atomic E-state index is 13.9. The number of carbonyl (C=O) groups is 4. The molecule has 1 aliphatic rings. The zero-order valence-electron chi connectivity index (χ0n) is 25.2. The van der Waals surface area contributed by atoms with E-state index in [9.17, 15) is 28.7 Å². The SMILES string of the molecule is CN1CCOc2ccccc2C(=O)N[C@H](C(=O)N(C)CCOc2ccccc2F)CCC(=O)N[C@@H](Cc2ccc(O)cc2)C1=O. The number of hydrogen-bond acceptors (Lipinski definition) is 7. The summed E-state index contributed by atoms with van der Waals surface area (Å²) in [5, 5.41) is 15.2. The molecule has 0 radical (unpaired) electrons. The number of carbonyl (C=O) groups excluding carboxylic acids is 4. The van der Waals surface area contributed by atoms with Crippen LogP contribution in [-0.4, -0.2) is 91.0 Å². The number of benzene rings is 3. The van der Waals surface area contributed by atoms with Crippen molar-refractivity contribution >= 4 is 23.6 Å². The smallest absolute Gasteiger partial charge is 0.255 e. The molecule has 11 nitrogen and oxygen atoms in total. The van der Waals surface area contributed by atoms with Crippen molar-refractivity contribution in [2.45, 2.75) is 31.3 Å². The number of hydrogen-bond donors (Lipinski definition) is 3. The third-order valence-corrected chi connectivity index (χ3v) is 7.36. The number of nitrogens with one attached hydrogen (secondary N) is 2. The Morgan fingerprint density at radius 3 is 2.51 bits per heavy atom. The number of amides is 4. The summed E-state index contributed by atoms with van der Waals surface area (Å²) in [5.41, 5.74) is 0.918. The van der Waals surface area contributed by atoms with Crippen LogP contribution in [0, 0.1) is 5.82 Å². The van der Waals surface area contributed by atoms with Crippen molar-refractivity contribution in [2.75, 3.05) is 40.4 Å². The Kier molecular flexibility index (Phi) is 11.3. The zero-order chi connectivity index (χ0) is 32.3. The van der Waals surface area contributed by atoms with Gasteiger partial charge in [-0.1, -0.05) is 36.4 Å². The van der Waals surface area contributed by atoms with Crippen LogP contribution in [0.4, 0.5) is 4.39 Å². The molecule has 0 unspecified atom stereocenters. The Balaban J connectivity index is 1.53. The van der Waals surface area contributed by atoms with E-state index in [1.807, 2.05) is 0 Å². The first-order valence-corrected chi connectivity index (χ1v) is 14.6. The van der Waals surface area contributed by atoms with Crippen LogP contribution in [0.5, 0.6) is 17.2 Å². The summed E-state index contributed by atoms with van der Waals surface area (Å²) in [6.45, 7) is 0.327. The van der Waals surface area contributed by atoms with E-state index in [-0.39, 0.29) is 74.3 Å². The van der Waals surface area contributed by atoms with Crippen LogP contribution < -0.4 is 20.1 Å². The molecule has 45 heavy (non-hydrogen) atoms. The molecule has 0 saturated heterocycles. The molecule has 238 valence electrons. The van der Waals surface area contributed by atoms with Crippen LogP contribution in [0.25, 0.3) is 0 Å². The van der Waals surface area contributed by atoms with Gasteiger partial charge in [0.1, 0.15) is 36.8 Å². The fourth-order valence-corrected chi connectivity index (χ4v) is 4.78. The lowest BCUT2D eigenvalue weighted by molar-refractivity contribution is -0.136. The third-order valence-electron chi connectivity index (χ3n) is 7.36. The van der Waals surface area contributed by atoms with E-state index in [0.29, 0.717) is 0 Å². The monoisotopic (exact) mass is 620 g/mol. The molecule has 4 amide bonds. The standard InChI is InChI=1S/C33H37FN4O7/c1-37(18-20-45-29-10-6-4-8-25(29)34)32(42)26-15-16-30(40)35-27(21-22-11-13-23(39)14-12-22)33(43)38(2)17-19-44-28-9-5-3-7-24(28)31(41)36-26/h3-14,26-27,39H,15-21H2,1-2H3,(H,35,40)(H,36,41)/t26-,27-/m0/s1. The van der Waals surface area contributed by atoms with Crippen molar-refractivity contribution in [2.24, 2.45) is 0 Å². The van der Waals surface area contributed by atoms with Crippen LogP contribution in [0.15, 0.2) is 72.8 Å². The maximum Gasteiger partial charge on any atom is 0.255 e. The Hall–Kier alpha value is -5.13. The number of likely N-dealkylation sites (N-methyl/N-ethyl adjacent to an activating group) is 2. The van der Waals surface area contributed by atoms with Crippen molar-refractivity contribution in [3.63, 3.8) is 0 Å². The summed E-state index contributed by atoms with van der Waals surface area (Å²) in [7, 11) is 3.12. The van der Waals surface area contributed by atoms with Gasteiger partial charge < -0.3 is 35.0 Å². The number of aromatic hydroxyl groups is 1. The van der Waals surface area contributed by atoms with Crippen LogP contribution in [-0.2, 0) is 20.8 Å². The molecule has 0 bridgehead atoms.